The van der Waals surface area contributed by atoms with E-state index in [1.54, 1.807) is 14.2 Å². The molecule has 224 valence electrons. The van der Waals surface area contributed by atoms with Gasteiger partial charge in [0.25, 0.3) is 0 Å². The molecule has 0 aromatic heterocycles. The molecule has 41 heavy (non-hydrogen) atoms. The van der Waals surface area contributed by atoms with Crippen LogP contribution in [0.3, 0.4) is 0 Å². The second kappa shape index (κ2) is 9.21. The number of methoxy groups -OCH3 is 2. The van der Waals surface area contributed by atoms with Crippen molar-refractivity contribution >= 4 is 17.7 Å². The summed E-state index contributed by atoms with van der Waals surface area (Å²) in [6.07, 6.45) is 2.41. The molecule has 2 unspecified atom stereocenters. The number of rotatable bonds is 4. The Morgan fingerprint density at radius 2 is 1.37 bits per heavy atom. The first-order chi connectivity index (χ1) is 19.5. The molecule has 2 N–H and O–H groups in total. The average Bonchev–Trinajstić information content (AvgIpc) is 3.59. The van der Waals surface area contributed by atoms with Crippen molar-refractivity contribution in [3.05, 3.63) is 24.3 Å². The largest absolute Gasteiger partial charge is 0.461 e. The van der Waals surface area contributed by atoms with Crippen molar-refractivity contribution in [3.8, 4) is 0 Å². The molecule has 0 aromatic carbocycles. The molecule has 13 atom stereocenters. The van der Waals surface area contributed by atoms with Gasteiger partial charge in [-0.25, -0.2) is 0 Å². The lowest BCUT2D eigenvalue weighted by Gasteiger charge is -2.48. The zero-order valence-electron chi connectivity index (χ0n) is 24.0. The summed E-state index contributed by atoms with van der Waals surface area (Å²) in [4.78, 5) is 40.5. The second-order valence-electron chi connectivity index (χ2n) is 14.0. The molecule has 1 spiro atoms. The van der Waals surface area contributed by atoms with Crippen LogP contribution < -0.4 is 0 Å². The minimum atomic E-state index is -1.79. The number of fused-ring (bicyclic) bond motifs is 10. The number of carbonyl (C=O) groups is 3. The smallest absolute Gasteiger partial charge is 0.312 e. The van der Waals surface area contributed by atoms with Crippen molar-refractivity contribution in [3.63, 3.8) is 0 Å². The van der Waals surface area contributed by atoms with Crippen LogP contribution in [0.4, 0.5) is 0 Å². The number of ketones is 1. The molecule has 2 heterocycles. The number of esters is 2. The third kappa shape index (κ3) is 3.29. The van der Waals surface area contributed by atoms with E-state index in [1.807, 2.05) is 0 Å². The fourth-order valence-corrected chi connectivity index (χ4v) is 11.1. The van der Waals surface area contributed by atoms with Gasteiger partial charge in [0.15, 0.2) is 0 Å². The summed E-state index contributed by atoms with van der Waals surface area (Å²) in [5.41, 5.74) is -2.89. The molecular weight excluding hydrogens is 528 g/mol. The maximum atomic E-state index is 14.4. The van der Waals surface area contributed by atoms with Crippen LogP contribution >= 0.6 is 0 Å². The highest BCUT2D eigenvalue weighted by Gasteiger charge is 2.83. The second-order valence-corrected chi connectivity index (χ2v) is 14.0. The Balaban J connectivity index is 1.33. The number of carbonyl (C=O) groups excluding carboxylic acids is 3. The van der Waals surface area contributed by atoms with Crippen molar-refractivity contribution in [1.29, 1.82) is 0 Å². The number of aliphatic hydroxyl groups is 2. The summed E-state index contributed by atoms with van der Waals surface area (Å²) in [6.45, 7) is 9.23. The van der Waals surface area contributed by atoms with Crippen molar-refractivity contribution in [1.82, 2.24) is 0 Å². The Hall–Kier alpha value is -2.07. The van der Waals surface area contributed by atoms with Crippen LogP contribution in [0.15, 0.2) is 24.3 Å². The van der Waals surface area contributed by atoms with E-state index in [1.165, 1.54) is 0 Å². The molecule has 0 bridgehead atoms. The Morgan fingerprint density at radius 3 is 1.93 bits per heavy atom. The quantitative estimate of drug-likeness (QED) is 0.387. The van der Waals surface area contributed by atoms with Gasteiger partial charge in [0, 0.05) is 44.3 Å². The maximum Gasteiger partial charge on any atom is 0.312 e. The molecule has 0 amide bonds. The average molecular weight is 571 g/mol. The fourth-order valence-electron chi connectivity index (χ4n) is 11.1. The highest BCUT2D eigenvalue weighted by molar-refractivity contribution is 5.91. The lowest BCUT2D eigenvalue weighted by Crippen LogP contribution is -2.63. The van der Waals surface area contributed by atoms with Crippen LogP contribution in [0.2, 0.25) is 0 Å². The molecule has 0 radical (unpaired) electrons. The Bertz CT molecular complexity index is 1210. The van der Waals surface area contributed by atoms with E-state index in [4.69, 9.17) is 18.9 Å². The van der Waals surface area contributed by atoms with Crippen LogP contribution in [0, 0.1) is 52.8 Å². The van der Waals surface area contributed by atoms with Gasteiger partial charge in [-0.15, -0.1) is 0 Å². The van der Waals surface area contributed by atoms with Gasteiger partial charge in [-0.2, -0.15) is 0 Å². The summed E-state index contributed by atoms with van der Waals surface area (Å²) < 4.78 is 22.9. The minimum Gasteiger partial charge on any atom is -0.461 e. The zero-order valence-corrected chi connectivity index (χ0v) is 24.0. The van der Waals surface area contributed by atoms with E-state index >= 15 is 0 Å². The standard InChI is InChI=1S/C32H42O9/c1-15-5-7-17-21(13-38-3)28(34)40-26(17)24-19(15)11-23(33)30(24)9-10-31(36)25-20(12-32(30,31)37)16(2)6-8-18-22(14-39-4)29(35)41-27(18)25/h17-22,24-27,36-37H,1-2,5-14H2,3-4H3/t17-,18-,19-,20-,21?,22?,24-,25-,26-,27-,30+,31-,32-/m0/s1. The number of hydrogen-bond donors (Lipinski definition) is 2. The molecule has 9 heteroatoms. The molecule has 5 aliphatic carbocycles. The summed E-state index contributed by atoms with van der Waals surface area (Å²) in [7, 11) is 3.13. The van der Waals surface area contributed by atoms with Crippen molar-refractivity contribution in [2.75, 3.05) is 27.4 Å². The van der Waals surface area contributed by atoms with E-state index in [2.05, 4.69) is 13.2 Å². The van der Waals surface area contributed by atoms with Crippen LogP contribution in [-0.2, 0) is 33.3 Å². The van der Waals surface area contributed by atoms with Crippen molar-refractivity contribution < 1.29 is 43.5 Å². The molecule has 7 rings (SSSR count). The predicted octanol–water partition coefficient (Wildman–Crippen LogP) is 2.38. The third-order valence-corrected chi connectivity index (χ3v) is 12.8. The highest BCUT2D eigenvalue weighted by Crippen LogP contribution is 2.74. The van der Waals surface area contributed by atoms with E-state index in [9.17, 15) is 24.6 Å². The van der Waals surface area contributed by atoms with E-state index in [0.717, 1.165) is 11.1 Å². The summed E-state index contributed by atoms with van der Waals surface area (Å²) in [5.74, 6) is -3.57. The first-order valence-corrected chi connectivity index (χ1v) is 15.3. The summed E-state index contributed by atoms with van der Waals surface area (Å²) >= 11 is 0. The number of ether oxygens (including phenoxy) is 4. The van der Waals surface area contributed by atoms with Gasteiger partial charge in [-0.1, -0.05) is 24.3 Å². The SMILES string of the molecule is C=C1CC[C@H]2C(COC)C(=O)O[C@@H]2[C@@H]2[C@H]1C[C@@]1(O)[C@]2(O)CC[C@]12C(=O)C[C@H]1C(=C)CC[C@H]3C(COC)C(=O)O[C@@H]3[C@H]12. The maximum absolute atomic E-state index is 14.4. The van der Waals surface area contributed by atoms with E-state index in [-0.39, 0.29) is 80.3 Å². The normalized spacial score (nSPS) is 52.0. The lowest BCUT2D eigenvalue weighted by atomic mass is 9.59. The summed E-state index contributed by atoms with van der Waals surface area (Å²) in [5, 5.41) is 25.8. The van der Waals surface area contributed by atoms with Crippen LogP contribution in [0.1, 0.15) is 51.4 Å². The molecule has 2 saturated heterocycles. The molecule has 5 saturated carbocycles. The van der Waals surface area contributed by atoms with Gasteiger partial charge < -0.3 is 29.2 Å². The Kier molecular flexibility index (Phi) is 6.23. The van der Waals surface area contributed by atoms with Gasteiger partial charge in [-0.3, -0.25) is 14.4 Å². The Morgan fingerprint density at radius 1 is 0.829 bits per heavy atom. The van der Waals surface area contributed by atoms with E-state index in [0.29, 0.717) is 25.7 Å². The molecular formula is C32H42O9. The van der Waals surface area contributed by atoms with Gasteiger partial charge in [0.2, 0.25) is 0 Å². The topological polar surface area (TPSA) is 129 Å². The van der Waals surface area contributed by atoms with Gasteiger partial charge in [0.05, 0.1) is 30.5 Å². The molecule has 9 nitrogen and oxygen atoms in total. The van der Waals surface area contributed by atoms with Gasteiger partial charge in [-0.05, 0) is 56.8 Å². The van der Waals surface area contributed by atoms with Crippen LogP contribution in [0.25, 0.3) is 0 Å². The third-order valence-electron chi connectivity index (χ3n) is 12.8. The van der Waals surface area contributed by atoms with Gasteiger partial charge >= 0.3 is 11.9 Å². The lowest BCUT2D eigenvalue weighted by molar-refractivity contribution is -0.205. The molecule has 2 aliphatic heterocycles. The summed E-state index contributed by atoms with van der Waals surface area (Å²) in [6, 6.07) is 0. The Labute approximate surface area is 240 Å². The predicted molar refractivity (Wildman–Crippen MR) is 144 cm³/mol. The molecule has 0 aromatic rings. The molecule has 7 aliphatic rings. The zero-order chi connectivity index (χ0) is 29.1. The van der Waals surface area contributed by atoms with E-state index < -0.39 is 52.5 Å². The van der Waals surface area contributed by atoms with Crippen LogP contribution in [-0.4, -0.2) is 78.8 Å². The van der Waals surface area contributed by atoms with Crippen LogP contribution in [0.5, 0.6) is 0 Å². The monoisotopic (exact) mass is 570 g/mol. The van der Waals surface area contributed by atoms with Crippen molar-refractivity contribution in [2.45, 2.75) is 74.8 Å². The van der Waals surface area contributed by atoms with Gasteiger partial charge in [0.1, 0.15) is 29.2 Å². The fraction of sp³-hybridized carbons (Fsp3) is 0.781. The molecule has 7 fully saturated rings. The number of allylic oxidation sites excluding steroid dienone is 2. The van der Waals surface area contributed by atoms with Crippen molar-refractivity contribution in [2.24, 2.45) is 52.8 Å². The number of hydrogen-bond acceptors (Lipinski definition) is 9. The highest BCUT2D eigenvalue weighted by atomic mass is 16.6. The first kappa shape index (κ1) is 27.7. The first-order valence-electron chi connectivity index (χ1n) is 15.3. The minimum absolute atomic E-state index is 0.0849. The number of Topliss-reactive ketones (excluding diaryl/α,β-unsaturated/α-hetero) is 1.